The van der Waals surface area contributed by atoms with Crippen molar-refractivity contribution in [2.45, 2.75) is 50.6 Å². The number of hydrogen-bond acceptors (Lipinski definition) is 5. The molecule has 2 aromatic heterocycles. The molecule has 4 aliphatic rings. The third-order valence-electron chi connectivity index (χ3n) is 8.26. The first-order valence-electron chi connectivity index (χ1n) is 12.6. The zero-order chi connectivity index (χ0) is 24.3. The van der Waals surface area contributed by atoms with Crippen molar-refractivity contribution in [1.29, 1.82) is 0 Å². The summed E-state index contributed by atoms with van der Waals surface area (Å²) in [5.41, 5.74) is 3.64. The average Bonchev–Trinajstić information content (AvgIpc) is 3.52. The maximum absolute atomic E-state index is 12.5. The molecule has 36 heavy (non-hydrogen) atoms. The SMILES string of the molecule is FC(F)Oc1ccc(-c2nnc(-c3cn(-c4ccccc4)nc3C34CC5CC(CC(C5)C3)C4)o2)cc1. The molecule has 6 nitrogen and oxygen atoms in total. The summed E-state index contributed by atoms with van der Waals surface area (Å²) in [5.74, 6) is 3.18. The molecule has 8 rings (SSSR count). The van der Waals surface area contributed by atoms with Gasteiger partial charge in [-0.1, -0.05) is 18.2 Å². The highest BCUT2D eigenvalue weighted by molar-refractivity contribution is 5.62. The van der Waals surface area contributed by atoms with E-state index in [0.29, 0.717) is 17.3 Å². The molecule has 4 bridgehead atoms. The molecule has 0 atom stereocenters. The van der Waals surface area contributed by atoms with Crippen LogP contribution in [-0.2, 0) is 5.41 Å². The van der Waals surface area contributed by atoms with Crippen LogP contribution in [0, 0.1) is 17.8 Å². The van der Waals surface area contributed by atoms with Gasteiger partial charge in [0.25, 0.3) is 5.89 Å². The molecule has 8 heteroatoms. The fourth-order valence-corrected chi connectivity index (χ4v) is 7.26. The molecule has 0 radical (unpaired) electrons. The first-order chi connectivity index (χ1) is 17.5. The Hall–Kier alpha value is -3.55. The van der Waals surface area contributed by atoms with Crippen LogP contribution in [0.2, 0.25) is 0 Å². The fraction of sp³-hybridized carbons (Fsp3) is 0.393. The molecule has 2 heterocycles. The smallest absolute Gasteiger partial charge is 0.387 e. The highest BCUT2D eigenvalue weighted by Gasteiger charge is 2.53. The number of aromatic nitrogens is 4. The average molecular weight is 489 g/mol. The lowest BCUT2D eigenvalue weighted by molar-refractivity contribution is -0.0498. The van der Waals surface area contributed by atoms with E-state index < -0.39 is 6.61 Å². The van der Waals surface area contributed by atoms with Crippen LogP contribution in [0.1, 0.15) is 44.2 Å². The van der Waals surface area contributed by atoms with E-state index in [1.54, 1.807) is 12.1 Å². The largest absolute Gasteiger partial charge is 0.435 e. The molecule has 184 valence electrons. The van der Waals surface area contributed by atoms with Crippen LogP contribution in [0.5, 0.6) is 5.75 Å². The zero-order valence-electron chi connectivity index (χ0n) is 19.7. The predicted molar refractivity (Wildman–Crippen MR) is 129 cm³/mol. The quantitative estimate of drug-likeness (QED) is 0.304. The Morgan fingerprint density at radius 1 is 0.861 bits per heavy atom. The van der Waals surface area contributed by atoms with Crippen molar-refractivity contribution in [2.24, 2.45) is 17.8 Å². The van der Waals surface area contributed by atoms with Crippen molar-refractivity contribution in [2.75, 3.05) is 0 Å². The van der Waals surface area contributed by atoms with Gasteiger partial charge in [-0.25, -0.2) is 4.68 Å². The van der Waals surface area contributed by atoms with Gasteiger partial charge in [0.2, 0.25) is 5.89 Å². The summed E-state index contributed by atoms with van der Waals surface area (Å²) >= 11 is 0. The molecule has 0 N–H and O–H groups in total. The Balaban J connectivity index is 1.29. The van der Waals surface area contributed by atoms with E-state index in [9.17, 15) is 8.78 Å². The highest BCUT2D eigenvalue weighted by Crippen LogP contribution is 2.61. The van der Waals surface area contributed by atoms with Gasteiger partial charge in [0.15, 0.2) is 0 Å². The van der Waals surface area contributed by atoms with Crippen molar-refractivity contribution in [3.05, 3.63) is 66.5 Å². The van der Waals surface area contributed by atoms with E-state index in [1.165, 1.54) is 50.7 Å². The van der Waals surface area contributed by atoms with Crippen molar-refractivity contribution in [3.8, 4) is 34.3 Å². The van der Waals surface area contributed by atoms with E-state index in [4.69, 9.17) is 9.52 Å². The second-order valence-corrected chi connectivity index (χ2v) is 10.7. The molecule has 2 aromatic carbocycles. The van der Waals surface area contributed by atoms with Gasteiger partial charge in [0, 0.05) is 17.2 Å². The minimum Gasteiger partial charge on any atom is -0.435 e. The van der Waals surface area contributed by atoms with Crippen LogP contribution in [0.4, 0.5) is 8.78 Å². The van der Waals surface area contributed by atoms with Gasteiger partial charge in [-0.15, -0.1) is 10.2 Å². The van der Waals surface area contributed by atoms with Gasteiger partial charge in [0.1, 0.15) is 5.75 Å². The number of benzene rings is 2. The Morgan fingerprint density at radius 3 is 2.14 bits per heavy atom. The molecule has 4 aromatic rings. The lowest BCUT2D eigenvalue weighted by Gasteiger charge is -2.56. The summed E-state index contributed by atoms with van der Waals surface area (Å²) in [6, 6.07) is 16.3. The number of nitrogens with zero attached hydrogens (tertiary/aromatic N) is 4. The summed E-state index contributed by atoms with van der Waals surface area (Å²) in [4.78, 5) is 0. The van der Waals surface area contributed by atoms with Gasteiger partial charge in [-0.2, -0.15) is 13.9 Å². The molecule has 4 fully saturated rings. The minimum atomic E-state index is -2.87. The summed E-state index contributed by atoms with van der Waals surface area (Å²) < 4.78 is 37.5. The lowest BCUT2D eigenvalue weighted by atomic mass is 9.48. The molecule has 0 spiro atoms. The zero-order valence-corrected chi connectivity index (χ0v) is 19.7. The first kappa shape index (κ1) is 21.7. The third-order valence-corrected chi connectivity index (χ3v) is 8.26. The number of halogens is 2. The van der Waals surface area contributed by atoms with E-state index in [1.807, 2.05) is 41.2 Å². The standard InChI is InChI=1S/C28H26F2N4O2/c29-27(30)35-22-8-6-20(7-9-22)25-31-32-26(36-25)23-16-34(21-4-2-1-3-5-21)33-24(23)28-13-17-10-18(14-28)12-19(11-17)15-28/h1-9,16-19,27H,10-15H2. The van der Waals surface area contributed by atoms with E-state index >= 15 is 0 Å². The number of alkyl halides is 2. The summed E-state index contributed by atoms with van der Waals surface area (Å²) in [7, 11) is 0. The number of para-hydroxylation sites is 1. The van der Waals surface area contributed by atoms with Crippen LogP contribution >= 0.6 is 0 Å². The Morgan fingerprint density at radius 2 is 1.50 bits per heavy atom. The topological polar surface area (TPSA) is 66.0 Å². The number of rotatable bonds is 6. The summed E-state index contributed by atoms with van der Waals surface area (Å²) in [6.45, 7) is -2.87. The van der Waals surface area contributed by atoms with E-state index in [-0.39, 0.29) is 11.2 Å². The fourth-order valence-electron chi connectivity index (χ4n) is 7.26. The second kappa shape index (κ2) is 8.25. The first-order valence-corrected chi connectivity index (χ1v) is 12.6. The van der Waals surface area contributed by atoms with Crippen LogP contribution in [-0.4, -0.2) is 26.6 Å². The van der Waals surface area contributed by atoms with Crippen LogP contribution in [0.3, 0.4) is 0 Å². The maximum Gasteiger partial charge on any atom is 0.387 e. The van der Waals surface area contributed by atoms with Crippen molar-refractivity contribution < 1.29 is 17.9 Å². The summed E-state index contributed by atoms with van der Waals surface area (Å²) in [5, 5.41) is 13.9. The van der Waals surface area contributed by atoms with Gasteiger partial charge in [-0.05, 0) is 92.7 Å². The molecule has 0 amide bonds. The molecule has 0 unspecified atom stereocenters. The second-order valence-electron chi connectivity index (χ2n) is 10.7. The predicted octanol–water partition coefficient (Wildman–Crippen LogP) is 6.66. The van der Waals surface area contributed by atoms with E-state index in [0.717, 1.165) is 34.7 Å². The number of ether oxygens (including phenoxy) is 1. The van der Waals surface area contributed by atoms with Crippen molar-refractivity contribution >= 4 is 0 Å². The van der Waals surface area contributed by atoms with Crippen LogP contribution < -0.4 is 4.74 Å². The maximum atomic E-state index is 12.5. The van der Waals surface area contributed by atoms with Crippen molar-refractivity contribution in [1.82, 2.24) is 20.0 Å². The van der Waals surface area contributed by atoms with Crippen molar-refractivity contribution in [3.63, 3.8) is 0 Å². The van der Waals surface area contributed by atoms with E-state index in [2.05, 4.69) is 14.9 Å². The van der Waals surface area contributed by atoms with Gasteiger partial charge in [0.05, 0.1) is 16.9 Å². The monoisotopic (exact) mass is 488 g/mol. The van der Waals surface area contributed by atoms with Crippen LogP contribution in [0.15, 0.2) is 65.2 Å². The minimum absolute atomic E-state index is 0.0486. The molecular formula is C28H26F2N4O2. The van der Waals surface area contributed by atoms with Crippen LogP contribution in [0.25, 0.3) is 28.6 Å². The normalized spacial score (nSPS) is 26.6. The molecular weight excluding hydrogens is 462 g/mol. The third kappa shape index (κ3) is 3.70. The number of hydrogen-bond donors (Lipinski definition) is 0. The summed E-state index contributed by atoms with van der Waals surface area (Å²) in [6.07, 6.45) is 9.58. The lowest BCUT2D eigenvalue weighted by Crippen LogP contribution is -2.49. The Bertz CT molecular complexity index is 1350. The molecule has 4 aliphatic carbocycles. The van der Waals surface area contributed by atoms with Gasteiger partial charge < -0.3 is 9.15 Å². The molecule has 0 saturated heterocycles. The van der Waals surface area contributed by atoms with Gasteiger partial charge in [-0.3, -0.25) is 0 Å². The Kier molecular flexibility index (Phi) is 4.98. The molecule has 0 aliphatic heterocycles. The Labute approximate surface area is 207 Å². The van der Waals surface area contributed by atoms with Gasteiger partial charge >= 0.3 is 6.61 Å². The molecule has 4 saturated carbocycles. The highest BCUT2D eigenvalue weighted by atomic mass is 19.3.